The average molecular weight is 218 g/mol. The van der Waals surface area contributed by atoms with Gasteiger partial charge in [-0.25, -0.2) is 0 Å². The molecule has 0 fully saturated rings. The van der Waals surface area contributed by atoms with Crippen LogP contribution in [-0.2, 0) is 10.2 Å². The summed E-state index contributed by atoms with van der Waals surface area (Å²) >= 11 is 0. The fourth-order valence-electron chi connectivity index (χ4n) is 1.42. The predicted octanol–water partition coefficient (Wildman–Crippen LogP) is 1.85. The number of rotatable bonds is 4. The van der Waals surface area contributed by atoms with Gasteiger partial charge in [0.2, 0.25) is 5.91 Å². The van der Waals surface area contributed by atoms with Crippen LogP contribution in [0, 0.1) is 0 Å². The quantitative estimate of drug-likeness (QED) is 0.598. The summed E-state index contributed by atoms with van der Waals surface area (Å²) in [5.41, 5.74) is 6.70. The monoisotopic (exact) mass is 218 g/mol. The van der Waals surface area contributed by atoms with Crippen LogP contribution in [0.2, 0.25) is 0 Å². The molecule has 0 atom stereocenters. The van der Waals surface area contributed by atoms with Crippen LogP contribution in [0.5, 0.6) is 0 Å². The van der Waals surface area contributed by atoms with Crippen molar-refractivity contribution in [3.63, 3.8) is 0 Å². The predicted molar refractivity (Wildman–Crippen MR) is 67.1 cm³/mol. The van der Waals surface area contributed by atoms with E-state index in [0.717, 1.165) is 5.56 Å². The first-order valence-electron chi connectivity index (χ1n) is 5.23. The maximum absolute atomic E-state index is 11.9. The topological polar surface area (TPSA) is 55.1 Å². The molecule has 0 aliphatic carbocycles. The van der Waals surface area contributed by atoms with Crippen molar-refractivity contribution < 1.29 is 4.79 Å². The first-order chi connectivity index (χ1) is 7.48. The standard InChI is InChI=1S/C13H18N2O/c1-4-9-15-12(16)13(2,3)10-5-7-11(14)8-6-10/h4-8H,1,9,14H2,2-3H3,(H,15,16). The van der Waals surface area contributed by atoms with E-state index in [1.54, 1.807) is 18.2 Å². The fraction of sp³-hybridized carbons (Fsp3) is 0.308. The van der Waals surface area contributed by atoms with Gasteiger partial charge in [-0.2, -0.15) is 0 Å². The Hall–Kier alpha value is -1.77. The van der Waals surface area contributed by atoms with Gasteiger partial charge in [-0.05, 0) is 31.5 Å². The Kier molecular flexibility index (Phi) is 3.72. The average Bonchev–Trinajstić information content (AvgIpc) is 2.26. The van der Waals surface area contributed by atoms with Gasteiger partial charge in [0.1, 0.15) is 0 Å². The number of nitrogens with two attached hydrogens (primary N) is 1. The van der Waals surface area contributed by atoms with Gasteiger partial charge in [-0.1, -0.05) is 18.2 Å². The van der Waals surface area contributed by atoms with Crippen molar-refractivity contribution in [1.82, 2.24) is 5.32 Å². The summed E-state index contributed by atoms with van der Waals surface area (Å²) in [6.45, 7) is 7.82. The summed E-state index contributed by atoms with van der Waals surface area (Å²) in [5, 5.41) is 2.80. The van der Waals surface area contributed by atoms with E-state index in [1.165, 1.54) is 0 Å². The van der Waals surface area contributed by atoms with E-state index < -0.39 is 5.41 Å². The number of hydrogen-bond acceptors (Lipinski definition) is 2. The van der Waals surface area contributed by atoms with Crippen molar-refractivity contribution in [3.05, 3.63) is 42.5 Å². The number of carbonyl (C=O) groups is 1. The molecule has 16 heavy (non-hydrogen) atoms. The molecule has 0 bridgehead atoms. The van der Waals surface area contributed by atoms with E-state index in [2.05, 4.69) is 11.9 Å². The highest BCUT2D eigenvalue weighted by atomic mass is 16.2. The fourth-order valence-corrected chi connectivity index (χ4v) is 1.42. The third-order valence-electron chi connectivity index (χ3n) is 2.61. The van der Waals surface area contributed by atoms with E-state index in [1.807, 2.05) is 26.0 Å². The van der Waals surface area contributed by atoms with Crippen molar-refractivity contribution in [1.29, 1.82) is 0 Å². The molecule has 3 N–H and O–H groups in total. The zero-order chi connectivity index (χ0) is 12.2. The zero-order valence-corrected chi connectivity index (χ0v) is 9.79. The summed E-state index contributed by atoms with van der Waals surface area (Å²) in [6.07, 6.45) is 1.66. The highest BCUT2D eigenvalue weighted by Crippen LogP contribution is 2.24. The Morgan fingerprint density at radius 3 is 2.50 bits per heavy atom. The summed E-state index contributed by atoms with van der Waals surface area (Å²) in [6, 6.07) is 7.36. The highest BCUT2D eigenvalue weighted by molar-refractivity contribution is 5.87. The lowest BCUT2D eigenvalue weighted by Crippen LogP contribution is -2.40. The summed E-state index contributed by atoms with van der Waals surface area (Å²) in [4.78, 5) is 11.9. The van der Waals surface area contributed by atoms with Crippen LogP contribution in [-0.4, -0.2) is 12.5 Å². The van der Waals surface area contributed by atoms with Gasteiger partial charge in [-0.15, -0.1) is 6.58 Å². The normalized spacial score (nSPS) is 10.9. The first kappa shape index (κ1) is 12.3. The van der Waals surface area contributed by atoms with Crippen molar-refractivity contribution in [2.45, 2.75) is 19.3 Å². The van der Waals surface area contributed by atoms with Crippen molar-refractivity contribution in [2.24, 2.45) is 0 Å². The van der Waals surface area contributed by atoms with Crippen molar-refractivity contribution in [3.8, 4) is 0 Å². The molecule has 3 heteroatoms. The summed E-state index contributed by atoms with van der Waals surface area (Å²) < 4.78 is 0. The van der Waals surface area contributed by atoms with E-state index in [-0.39, 0.29) is 5.91 Å². The van der Waals surface area contributed by atoms with Crippen LogP contribution in [0.3, 0.4) is 0 Å². The minimum absolute atomic E-state index is 0.0165. The van der Waals surface area contributed by atoms with Gasteiger partial charge in [0.05, 0.1) is 5.41 Å². The second-order valence-corrected chi connectivity index (χ2v) is 4.25. The number of carbonyl (C=O) groups excluding carboxylic acids is 1. The van der Waals surface area contributed by atoms with Gasteiger partial charge in [0, 0.05) is 12.2 Å². The van der Waals surface area contributed by atoms with Gasteiger partial charge in [0.25, 0.3) is 0 Å². The van der Waals surface area contributed by atoms with Gasteiger partial charge < -0.3 is 11.1 Å². The SMILES string of the molecule is C=CCNC(=O)C(C)(C)c1ccc(N)cc1. The smallest absolute Gasteiger partial charge is 0.230 e. The van der Waals surface area contributed by atoms with E-state index in [4.69, 9.17) is 5.73 Å². The van der Waals surface area contributed by atoms with Crippen LogP contribution in [0.15, 0.2) is 36.9 Å². The van der Waals surface area contributed by atoms with Gasteiger partial charge >= 0.3 is 0 Å². The molecule has 0 spiro atoms. The molecule has 1 amide bonds. The Bertz CT molecular complexity index is 379. The molecule has 1 rings (SSSR count). The van der Waals surface area contributed by atoms with Gasteiger partial charge in [-0.3, -0.25) is 4.79 Å². The Morgan fingerprint density at radius 1 is 1.44 bits per heavy atom. The number of nitrogens with one attached hydrogen (secondary N) is 1. The Balaban J connectivity index is 2.87. The highest BCUT2D eigenvalue weighted by Gasteiger charge is 2.28. The molecule has 0 aliphatic rings. The number of nitrogen functional groups attached to an aromatic ring is 1. The number of anilines is 1. The zero-order valence-electron chi connectivity index (χ0n) is 9.79. The van der Waals surface area contributed by atoms with Crippen LogP contribution in [0.4, 0.5) is 5.69 Å². The molecule has 0 aromatic heterocycles. The van der Waals surface area contributed by atoms with Crippen LogP contribution in [0.25, 0.3) is 0 Å². The molecule has 1 aromatic carbocycles. The molecule has 0 radical (unpaired) electrons. The molecule has 0 unspecified atom stereocenters. The third kappa shape index (κ3) is 2.63. The molecule has 3 nitrogen and oxygen atoms in total. The summed E-state index contributed by atoms with van der Waals surface area (Å²) in [7, 11) is 0. The first-order valence-corrected chi connectivity index (χ1v) is 5.23. The summed E-state index contributed by atoms with van der Waals surface area (Å²) in [5.74, 6) is -0.0165. The lowest BCUT2D eigenvalue weighted by Gasteiger charge is -2.23. The second kappa shape index (κ2) is 4.84. The lowest BCUT2D eigenvalue weighted by atomic mass is 9.83. The van der Waals surface area contributed by atoms with Crippen molar-refractivity contribution >= 4 is 11.6 Å². The lowest BCUT2D eigenvalue weighted by molar-refractivity contribution is -0.125. The molecule has 1 aromatic rings. The molecular weight excluding hydrogens is 200 g/mol. The molecule has 0 saturated carbocycles. The minimum Gasteiger partial charge on any atom is -0.399 e. The van der Waals surface area contributed by atoms with Crippen molar-refractivity contribution in [2.75, 3.05) is 12.3 Å². The second-order valence-electron chi connectivity index (χ2n) is 4.25. The number of benzene rings is 1. The van der Waals surface area contributed by atoms with Crippen LogP contribution in [0.1, 0.15) is 19.4 Å². The molecular formula is C13H18N2O. The molecule has 0 saturated heterocycles. The van der Waals surface area contributed by atoms with E-state index >= 15 is 0 Å². The maximum atomic E-state index is 11.9. The number of hydrogen-bond donors (Lipinski definition) is 2. The molecule has 0 heterocycles. The number of amides is 1. The maximum Gasteiger partial charge on any atom is 0.230 e. The minimum atomic E-state index is -0.559. The van der Waals surface area contributed by atoms with E-state index in [9.17, 15) is 4.79 Å². The largest absolute Gasteiger partial charge is 0.399 e. The van der Waals surface area contributed by atoms with Gasteiger partial charge in [0.15, 0.2) is 0 Å². The Morgan fingerprint density at radius 2 is 2.00 bits per heavy atom. The van der Waals surface area contributed by atoms with E-state index in [0.29, 0.717) is 12.2 Å². The Labute approximate surface area is 96.3 Å². The van der Waals surface area contributed by atoms with Crippen LogP contribution >= 0.6 is 0 Å². The molecule has 0 aliphatic heterocycles. The van der Waals surface area contributed by atoms with Crippen LogP contribution < -0.4 is 11.1 Å². The third-order valence-corrected chi connectivity index (χ3v) is 2.61. The molecule has 86 valence electrons.